The summed E-state index contributed by atoms with van der Waals surface area (Å²) >= 11 is 1.59. The molecule has 0 unspecified atom stereocenters. The summed E-state index contributed by atoms with van der Waals surface area (Å²) in [4.78, 5) is 12.3. The first-order valence-corrected chi connectivity index (χ1v) is 11.5. The fourth-order valence-electron chi connectivity index (χ4n) is 2.56. The van der Waals surface area contributed by atoms with Gasteiger partial charge in [0.2, 0.25) is 15.9 Å². The molecular weight excluding hydrogens is 372 g/mol. The van der Waals surface area contributed by atoms with Crippen molar-refractivity contribution in [2.75, 3.05) is 43.1 Å². The van der Waals surface area contributed by atoms with Crippen LogP contribution in [0.25, 0.3) is 0 Å². The van der Waals surface area contributed by atoms with Gasteiger partial charge in [-0.15, -0.1) is 0 Å². The van der Waals surface area contributed by atoms with E-state index in [0.29, 0.717) is 49.2 Å². The van der Waals surface area contributed by atoms with E-state index in [1.165, 1.54) is 4.31 Å². The Hall–Kier alpha value is -1.09. The molecule has 1 heterocycles. The zero-order chi connectivity index (χ0) is 19.2. The Morgan fingerprint density at radius 3 is 2.65 bits per heavy atom. The molecule has 1 N–H and O–H groups in total. The molecule has 26 heavy (non-hydrogen) atoms. The summed E-state index contributed by atoms with van der Waals surface area (Å²) in [5.41, 5.74) is 1.18. The van der Waals surface area contributed by atoms with Crippen LogP contribution < -0.4 is 5.32 Å². The summed E-state index contributed by atoms with van der Waals surface area (Å²) in [7, 11) is -3.58. The van der Waals surface area contributed by atoms with E-state index in [1.807, 2.05) is 0 Å². The number of rotatable bonds is 8. The molecule has 6 nitrogen and oxygen atoms in total. The van der Waals surface area contributed by atoms with E-state index in [0.717, 1.165) is 12.2 Å². The number of anilines is 1. The number of hydrogen-bond donors (Lipinski definition) is 1. The van der Waals surface area contributed by atoms with E-state index in [2.05, 4.69) is 19.2 Å². The molecule has 1 amide bonds. The second kappa shape index (κ2) is 9.73. The molecule has 0 atom stereocenters. The van der Waals surface area contributed by atoms with Gasteiger partial charge in [-0.1, -0.05) is 19.9 Å². The van der Waals surface area contributed by atoms with Gasteiger partial charge in [-0.25, -0.2) is 8.42 Å². The van der Waals surface area contributed by atoms with Gasteiger partial charge >= 0.3 is 0 Å². The number of amides is 1. The number of nitrogens with zero attached hydrogens (tertiary/aromatic N) is 1. The van der Waals surface area contributed by atoms with E-state index < -0.39 is 10.0 Å². The van der Waals surface area contributed by atoms with Gasteiger partial charge in [0.15, 0.2) is 0 Å². The quantitative estimate of drug-likeness (QED) is 0.679. The number of nitrogens with one attached hydrogen (secondary N) is 1. The second-order valence-corrected chi connectivity index (χ2v) is 9.79. The molecule has 146 valence electrons. The number of sulfonamides is 1. The minimum absolute atomic E-state index is 0.114. The maximum absolute atomic E-state index is 12.9. The topological polar surface area (TPSA) is 75.7 Å². The molecular formula is C18H28N2O4S2. The minimum atomic E-state index is -3.58. The van der Waals surface area contributed by atoms with Crippen molar-refractivity contribution >= 4 is 33.4 Å². The van der Waals surface area contributed by atoms with E-state index in [1.54, 1.807) is 36.9 Å². The van der Waals surface area contributed by atoms with Crippen LogP contribution in [0.3, 0.4) is 0 Å². The Kier molecular flexibility index (Phi) is 7.94. The molecule has 0 bridgehead atoms. The van der Waals surface area contributed by atoms with Crippen LogP contribution in [0.5, 0.6) is 0 Å². The predicted octanol–water partition coefficient (Wildman–Crippen LogP) is 2.73. The lowest BCUT2D eigenvalue weighted by Crippen LogP contribution is -2.40. The van der Waals surface area contributed by atoms with Gasteiger partial charge in [-0.2, -0.15) is 16.1 Å². The van der Waals surface area contributed by atoms with Crippen LogP contribution in [0.2, 0.25) is 0 Å². The fraction of sp³-hybridized carbons (Fsp3) is 0.611. The summed E-state index contributed by atoms with van der Waals surface area (Å²) in [6.45, 7) is 7.59. The number of aryl methyl sites for hydroxylation is 1. The third-order valence-corrected chi connectivity index (χ3v) is 7.16. The van der Waals surface area contributed by atoms with Crippen LogP contribution in [0.1, 0.15) is 25.8 Å². The van der Waals surface area contributed by atoms with Crippen molar-refractivity contribution in [1.29, 1.82) is 0 Å². The minimum Gasteiger partial charge on any atom is -0.379 e. The van der Waals surface area contributed by atoms with Crippen LogP contribution >= 0.6 is 11.8 Å². The Balaban J connectivity index is 2.03. The summed E-state index contributed by atoms with van der Waals surface area (Å²) < 4.78 is 32.4. The first-order valence-electron chi connectivity index (χ1n) is 8.87. The van der Waals surface area contributed by atoms with Crippen LogP contribution in [-0.2, 0) is 19.6 Å². The van der Waals surface area contributed by atoms with Crippen molar-refractivity contribution in [3.63, 3.8) is 0 Å². The Bertz CT molecular complexity index is 714. The average Bonchev–Trinajstić information content (AvgIpc) is 2.61. The number of morpholine rings is 1. The predicted molar refractivity (Wildman–Crippen MR) is 106 cm³/mol. The lowest BCUT2D eigenvalue weighted by molar-refractivity contribution is -0.113. The highest BCUT2D eigenvalue weighted by Crippen LogP contribution is 2.24. The monoisotopic (exact) mass is 400 g/mol. The van der Waals surface area contributed by atoms with E-state index in [4.69, 9.17) is 4.74 Å². The molecule has 1 fully saturated rings. The van der Waals surface area contributed by atoms with E-state index in [-0.39, 0.29) is 10.8 Å². The second-order valence-electron chi connectivity index (χ2n) is 6.78. The smallest absolute Gasteiger partial charge is 0.243 e. The molecule has 1 aliphatic heterocycles. The lowest BCUT2D eigenvalue weighted by atomic mass is 10.2. The van der Waals surface area contributed by atoms with Gasteiger partial charge in [0.05, 0.1) is 23.9 Å². The van der Waals surface area contributed by atoms with Crippen molar-refractivity contribution in [3.8, 4) is 0 Å². The molecule has 0 spiro atoms. The van der Waals surface area contributed by atoms with Crippen molar-refractivity contribution in [2.24, 2.45) is 5.92 Å². The summed E-state index contributed by atoms with van der Waals surface area (Å²) in [5.74, 6) is 1.81. The van der Waals surface area contributed by atoms with Gasteiger partial charge in [-0.3, -0.25) is 4.79 Å². The van der Waals surface area contributed by atoms with Crippen molar-refractivity contribution in [2.45, 2.75) is 32.1 Å². The third-order valence-electron chi connectivity index (χ3n) is 4.13. The largest absolute Gasteiger partial charge is 0.379 e. The zero-order valence-electron chi connectivity index (χ0n) is 15.7. The highest BCUT2D eigenvalue weighted by Gasteiger charge is 2.28. The molecule has 0 radical (unpaired) electrons. The van der Waals surface area contributed by atoms with Crippen molar-refractivity contribution in [3.05, 3.63) is 23.8 Å². The Labute approximate surface area is 160 Å². The summed E-state index contributed by atoms with van der Waals surface area (Å²) in [6, 6.07) is 5.02. The van der Waals surface area contributed by atoms with Gasteiger partial charge in [-0.05, 0) is 42.7 Å². The number of carbonyl (C=O) groups is 1. The first-order chi connectivity index (χ1) is 12.3. The van der Waals surface area contributed by atoms with Crippen LogP contribution in [0, 0.1) is 12.8 Å². The molecule has 0 aromatic heterocycles. The highest BCUT2D eigenvalue weighted by molar-refractivity contribution is 7.99. The first kappa shape index (κ1) is 21.2. The van der Waals surface area contributed by atoms with Crippen LogP contribution in [0.4, 0.5) is 5.69 Å². The van der Waals surface area contributed by atoms with Crippen LogP contribution in [0.15, 0.2) is 23.1 Å². The molecule has 1 aliphatic rings. The average molecular weight is 401 g/mol. The molecule has 1 saturated heterocycles. The molecule has 0 saturated carbocycles. The number of carbonyl (C=O) groups excluding carboxylic acids is 1. The van der Waals surface area contributed by atoms with Gasteiger partial charge in [0.25, 0.3) is 0 Å². The highest BCUT2D eigenvalue weighted by atomic mass is 32.2. The maximum atomic E-state index is 12.9. The molecule has 1 aromatic rings. The van der Waals surface area contributed by atoms with Gasteiger partial charge in [0, 0.05) is 18.8 Å². The Morgan fingerprint density at radius 1 is 1.31 bits per heavy atom. The fourth-order valence-corrected chi connectivity index (χ4v) is 5.26. The molecule has 1 aromatic carbocycles. The standard InChI is InChI=1S/C18H28N2O4S2/c1-14(2)6-11-25-13-18(21)19-16-5-4-15(3)17(12-16)26(22,23)20-7-9-24-10-8-20/h4-5,12,14H,6-11,13H2,1-3H3,(H,19,21). The van der Waals surface area contributed by atoms with E-state index in [9.17, 15) is 13.2 Å². The molecule has 2 rings (SSSR count). The van der Waals surface area contributed by atoms with Crippen LogP contribution in [-0.4, -0.2) is 56.4 Å². The Morgan fingerprint density at radius 2 is 2.00 bits per heavy atom. The summed E-state index contributed by atoms with van der Waals surface area (Å²) in [5, 5.41) is 2.81. The molecule has 8 heteroatoms. The molecule has 0 aliphatic carbocycles. The lowest BCUT2D eigenvalue weighted by Gasteiger charge is -2.26. The van der Waals surface area contributed by atoms with Gasteiger partial charge in [0.1, 0.15) is 0 Å². The van der Waals surface area contributed by atoms with Crippen molar-refractivity contribution in [1.82, 2.24) is 4.31 Å². The number of thioether (sulfide) groups is 1. The maximum Gasteiger partial charge on any atom is 0.243 e. The van der Waals surface area contributed by atoms with Gasteiger partial charge < -0.3 is 10.1 Å². The number of ether oxygens (including phenoxy) is 1. The summed E-state index contributed by atoms with van der Waals surface area (Å²) in [6.07, 6.45) is 1.07. The zero-order valence-corrected chi connectivity index (χ0v) is 17.3. The van der Waals surface area contributed by atoms with Crippen molar-refractivity contribution < 1.29 is 17.9 Å². The van der Waals surface area contributed by atoms with E-state index >= 15 is 0 Å². The normalized spacial score (nSPS) is 16.0. The number of hydrogen-bond acceptors (Lipinski definition) is 5. The number of benzene rings is 1. The SMILES string of the molecule is Cc1ccc(NC(=O)CSCCC(C)C)cc1S(=O)(=O)N1CCOCC1. The third kappa shape index (κ3) is 5.97.